The Hall–Kier alpha value is -4.16. The lowest BCUT2D eigenvalue weighted by molar-refractivity contribution is -0.0551. The Labute approximate surface area is 218 Å². The van der Waals surface area contributed by atoms with Crippen LogP contribution < -0.4 is 16.0 Å². The fourth-order valence-electron chi connectivity index (χ4n) is 4.58. The van der Waals surface area contributed by atoms with Crippen molar-refractivity contribution in [1.29, 1.82) is 0 Å². The number of hydrazine groups is 2. The number of halogens is 1. The van der Waals surface area contributed by atoms with Gasteiger partial charge in [0.05, 0.1) is 30.7 Å². The van der Waals surface area contributed by atoms with E-state index in [2.05, 4.69) is 31.0 Å². The Morgan fingerprint density at radius 1 is 1.03 bits per heavy atom. The first-order chi connectivity index (χ1) is 18.7. The molecule has 2 aromatic carbocycles. The third kappa shape index (κ3) is 4.87. The molecular weight excluding hydrogens is 489 g/mol. The molecule has 0 amide bonds. The average molecular weight is 516 g/mol. The molecule has 1 unspecified atom stereocenters. The highest BCUT2D eigenvalue weighted by Gasteiger charge is 2.31. The van der Waals surface area contributed by atoms with Crippen molar-refractivity contribution in [1.82, 2.24) is 31.0 Å². The van der Waals surface area contributed by atoms with Gasteiger partial charge in [0.2, 0.25) is 5.82 Å². The molecule has 2 aliphatic rings. The number of aliphatic hydroxyl groups is 1. The number of para-hydroxylation sites is 1. The molecule has 1 fully saturated rings. The molecule has 38 heavy (non-hydrogen) atoms. The summed E-state index contributed by atoms with van der Waals surface area (Å²) < 4.78 is 25.9. The Kier molecular flexibility index (Phi) is 6.80. The summed E-state index contributed by atoms with van der Waals surface area (Å²) in [5.41, 5.74) is 10.3. The first-order valence-corrected chi connectivity index (χ1v) is 12.3. The second-order valence-electron chi connectivity index (χ2n) is 9.01. The van der Waals surface area contributed by atoms with Gasteiger partial charge in [0, 0.05) is 43.2 Å². The third-order valence-corrected chi connectivity index (χ3v) is 6.48. The number of hydrogen-bond donors (Lipinski definition) is 3. The molecule has 4 aromatic rings. The molecule has 0 radical (unpaired) electrons. The van der Waals surface area contributed by atoms with E-state index < -0.39 is 0 Å². The molecule has 1 saturated heterocycles. The highest BCUT2D eigenvalue weighted by molar-refractivity contribution is 5.96. The van der Waals surface area contributed by atoms with Gasteiger partial charge >= 0.3 is 0 Å². The van der Waals surface area contributed by atoms with E-state index in [9.17, 15) is 9.50 Å². The molecule has 11 heteroatoms. The van der Waals surface area contributed by atoms with Crippen LogP contribution in [0.3, 0.4) is 0 Å². The van der Waals surface area contributed by atoms with Gasteiger partial charge in [-0.25, -0.2) is 4.39 Å². The quantitative estimate of drug-likeness (QED) is 0.340. The first-order valence-electron chi connectivity index (χ1n) is 12.3. The van der Waals surface area contributed by atoms with E-state index >= 15 is 0 Å². The van der Waals surface area contributed by atoms with Crippen LogP contribution in [0.15, 0.2) is 77.6 Å². The van der Waals surface area contributed by atoms with Gasteiger partial charge in [0.25, 0.3) is 5.89 Å². The monoisotopic (exact) mass is 515 g/mol. The van der Waals surface area contributed by atoms with Crippen molar-refractivity contribution in [2.75, 3.05) is 31.3 Å². The topological polar surface area (TPSA) is 112 Å². The lowest BCUT2D eigenvalue weighted by Crippen LogP contribution is -2.43. The van der Waals surface area contributed by atoms with Crippen molar-refractivity contribution in [3.05, 3.63) is 95.9 Å². The predicted octanol–water partition coefficient (Wildman–Crippen LogP) is 2.82. The number of hydrogen-bond acceptors (Lipinski definition) is 10. The van der Waals surface area contributed by atoms with Gasteiger partial charge in [-0.1, -0.05) is 41.6 Å². The third-order valence-electron chi connectivity index (χ3n) is 6.48. The van der Waals surface area contributed by atoms with Crippen molar-refractivity contribution >= 4 is 17.1 Å². The number of ether oxygens (including phenoxy) is 1. The van der Waals surface area contributed by atoms with E-state index in [1.54, 1.807) is 35.6 Å². The number of rotatable bonds is 7. The summed E-state index contributed by atoms with van der Waals surface area (Å²) in [5.74, 6) is 0.307. The molecular formula is C27H26FN7O3. The van der Waals surface area contributed by atoms with E-state index in [1.807, 2.05) is 36.4 Å². The highest BCUT2D eigenvalue weighted by atomic mass is 19.1. The van der Waals surface area contributed by atoms with Gasteiger partial charge in [-0.3, -0.25) is 20.3 Å². The number of nitrogens with zero attached hydrogens (tertiary/aromatic N) is 5. The Morgan fingerprint density at radius 3 is 2.63 bits per heavy atom. The van der Waals surface area contributed by atoms with Crippen LogP contribution in [0.2, 0.25) is 0 Å². The van der Waals surface area contributed by atoms with Crippen molar-refractivity contribution in [2.45, 2.75) is 12.6 Å². The van der Waals surface area contributed by atoms with Crippen LogP contribution in [-0.4, -0.2) is 57.5 Å². The molecule has 0 spiro atoms. The van der Waals surface area contributed by atoms with E-state index in [-0.39, 0.29) is 24.4 Å². The number of aromatic nitrogens is 3. The fourth-order valence-corrected chi connectivity index (χ4v) is 4.58. The smallest absolute Gasteiger partial charge is 0.277 e. The van der Waals surface area contributed by atoms with Crippen LogP contribution >= 0.6 is 0 Å². The summed E-state index contributed by atoms with van der Waals surface area (Å²) >= 11 is 0. The number of anilines is 1. The molecule has 2 aliphatic heterocycles. The standard InChI is InChI=1S/C27H26FN7O3/c28-22-3-1-2-4-23(22)35-25(19-9-11-29-12-10-19)24(31-33-35)27-30-26(32-38-27)20-7-5-18(6-8-20)15-34-13-14-37-21(16-34)17-36/h1-12,21,31,33,36H,13-17H2. The van der Waals surface area contributed by atoms with Gasteiger partial charge in [-0.15, -0.1) is 5.53 Å². The summed E-state index contributed by atoms with van der Waals surface area (Å²) in [6.07, 6.45) is 3.19. The lowest BCUT2D eigenvalue weighted by Gasteiger charge is -2.31. The summed E-state index contributed by atoms with van der Waals surface area (Å²) in [5, 5.41) is 15.2. The molecule has 0 bridgehead atoms. The van der Waals surface area contributed by atoms with E-state index in [4.69, 9.17) is 9.26 Å². The predicted molar refractivity (Wildman–Crippen MR) is 138 cm³/mol. The van der Waals surface area contributed by atoms with Gasteiger partial charge < -0.3 is 14.4 Å². The van der Waals surface area contributed by atoms with Crippen LogP contribution in [-0.2, 0) is 11.3 Å². The SMILES string of the molecule is OCC1CN(Cc2ccc(-c3noc(C4=C(c5ccncc5)N(c5ccccc5F)NN4)n3)cc2)CCO1. The van der Waals surface area contributed by atoms with Crippen LogP contribution in [0.5, 0.6) is 0 Å². The first kappa shape index (κ1) is 24.2. The molecule has 1 atom stereocenters. The fraction of sp³-hybridized carbons (Fsp3) is 0.222. The van der Waals surface area contributed by atoms with Crippen LogP contribution in [0, 0.1) is 5.82 Å². The maximum atomic E-state index is 14.7. The summed E-state index contributed by atoms with van der Waals surface area (Å²) in [6.45, 7) is 2.93. The van der Waals surface area contributed by atoms with Gasteiger partial charge in [-0.2, -0.15) is 4.98 Å². The van der Waals surface area contributed by atoms with Gasteiger partial charge in [0.15, 0.2) is 0 Å². The average Bonchev–Trinajstić information content (AvgIpc) is 3.62. The van der Waals surface area contributed by atoms with Crippen LogP contribution in [0.4, 0.5) is 10.1 Å². The Morgan fingerprint density at radius 2 is 1.84 bits per heavy atom. The molecule has 6 rings (SSSR count). The van der Waals surface area contributed by atoms with Crippen LogP contribution in [0.1, 0.15) is 17.0 Å². The minimum atomic E-state index is -0.384. The number of pyridine rings is 1. The zero-order valence-corrected chi connectivity index (χ0v) is 20.4. The molecule has 0 aliphatic carbocycles. The van der Waals surface area contributed by atoms with Gasteiger partial charge in [-0.05, 0) is 29.8 Å². The number of nitrogens with one attached hydrogen (secondary N) is 2. The Bertz CT molecular complexity index is 1430. The largest absolute Gasteiger partial charge is 0.394 e. The molecule has 2 aromatic heterocycles. The van der Waals surface area contributed by atoms with Gasteiger partial charge in [0.1, 0.15) is 11.5 Å². The summed E-state index contributed by atoms with van der Waals surface area (Å²) in [6, 6.07) is 18.1. The van der Waals surface area contributed by atoms with Crippen molar-refractivity contribution < 1.29 is 18.8 Å². The Balaban J connectivity index is 1.27. The normalized spacial score (nSPS) is 18.2. The number of benzene rings is 2. The molecule has 194 valence electrons. The molecule has 4 heterocycles. The maximum Gasteiger partial charge on any atom is 0.277 e. The molecule has 10 nitrogen and oxygen atoms in total. The minimum absolute atomic E-state index is 0.0251. The van der Waals surface area contributed by atoms with E-state index in [0.717, 1.165) is 29.8 Å². The van der Waals surface area contributed by atoms with E-state index in [0.29, 0.717) is 36.1 Å². The summed E-state index contributed by atoms with van der Waals surface area (Å²) in [4.78, 5) is 11.0. The number of aliphatic hydroxyl groups excluding tert-OH is 1. The zero-order chi connectivity index (χ0) is 25.9. The zero-order valence-electron chi connectivity index (χ0n) is 20.4. The van der Waals surface area contributed by atoms with Crippen molar-refractivity contribution in [3.8, 4) is 11.4 Å². The summed E-state index contributed by atoms with van der Waals surface area (Å²) in [7, 11) is 0. The highest BCUT2D eigenvalue weighted by Crippen LogP contribution is 2.34. The molecule has 0 saturated carbocycles. The maximum absolute atomic E-state index is 14.7. The number of morpholine rings is 1. The van der Waals surface area contributed by atoms with Crippen molar-refractivity contribution in [2.24, 2.45) is 0 Å². The minimum Gasteiger partial charge on any atom is -0.394 e. The van der Waals surface area contributed by atoms with E-state index in [1.165, 1.54) is 6.07 Å². The molecule has 3 N–H and O–H groups in total. The second kappa shape index (κ2) is 10.7. The van der Waals surface area contributed by atoms with Crippen molar-refractivity contribution in [3.63, 3.8) is 0 Å². The van der Waals surface area contributed by atoms with Crippen LogP contribution in [0.25, 0.3) is 22.8 Å². The lowest BCUT2D eigenvalue weighted by atomic mass is 10.1. The second-order valence-corrected chi connectivity index (χ2v) is 9.01.